The molecule has 0 saturated heterocycles. The lowest BCUT2D eigenvalue weighted by molar-refractivity contribution is 0.639. The molecular formula is C17H10Br2ClF. The van der Waals surface area contributed by atoms with Crippen LogP contribution >= 0.6 is 43.5 Å². The summed E-state index contributed by atoms with van der Waals surface area (Å²) in [6.07, 6.45) is 0. The van der Waals surface area contributed by atoms with Crippen molar-refractivity contribution in [1.29, 1.82) is 0 Å². The van der Waals surface area contributed by atoms with Crippen LogP contribution in [0.15, 0.2) is 59.1 Å². The highest BCUT2D eigenvalue weighted by molar-refractivity contribution is 9.11. The van der Waals surface area contributed by atoms with Gasteiger partial charge in [0.1, 0.15) is 5.82 Å². The summed E-state index contributed by atoms with van der Waals surface area (Å²) >= 11 is 13.2. The molecule has 1 unspecified atom stereocenters. The minimum absolute atomic E-state index is 0.0466. The van der Waals surface area contributed by atoms with E-state index >= 15 is 0 Å². The SMILES string of the molecule is Fc1ccc(C(Br)c2ccc(Cl)cc2Br)c2ccccc12. The highest BCUT2D eigenvalue weighted by Crippen LogP contribution is 2.39. The molecule has 0 saturated carbocycles. The van der Waals surface area contributed by atoms with Crippen molar-refractivity contribution in [2.75, 3.05) is 0 Å². The van der Waals surface area contributed by atoms with Crippen molar-refractivity contribution in [3.05, 3.63) is 81.0 Å². The van der Waals surface area contributed by atoms with Crippen LogP contribution in [0.5, 0.6) is 0 Å². The Morgan fingerprint density at radius 1 is 0.905 bits per heavy atom. The molecular weight excluding hydrogens is 418 g/mol. The molecule has 0 nitrogen and oxygen atoms in total. The first kappa shape index (κ1) is 15.0. The molecule has 0 aliphatic carbocycles. The molecule has 0 aliphatic heterocycles. The molecule has 0 aliphatic rings. The average Bonchev–Trinajstić information content (AvgIpc) is 2.47. The summed E-state index contributed by atoms with van der Waals surface area (Å²) in [7, 11) is 0. The molecule has 0 fully saturated rings. The lowest BCUT2D eigenvalue weighted by Crippen LogP contribution is -1.96. The Bertz CT molecular complexity index is 817. The van der Waals surface area contributed by atoms with Crippen LogP contribution in [0.3, 0.4) is 0 Å². The Morgan fingerprint density at radius 3 is 2.29 bits per heavy atom. The lowest BCUT2D eigenvalue weighted by Gasteiger charge is -2.16. The van der Waals surface area contributed by atoms with Gasteiger partial charge >= 0.3 is 0 Å². The molecule has 0 bridgehead atoms. The van der Waals surface area contributed by atoms with E-state index in [1.807, 2.05) is 42.5 Å². The molecule has 21 heavy (non-hydrogen) atoms. The van der Waals surface area contributed by atoms with Crippen molar-refractivity contribution in [2.45, 2.75) is 4.83 Å². The minimum Gasteiger partial charge on any atom is -0.206 e. The first-order chi connectivity index (χ1) is 10.1. The van der Waals surface area contributed by atoms with Gasteiger partial charge < -0.3 is 0 Å². The van der Waals surface area contributed by atoms with Crippen LogP contribution in [0.25, 0.3) is 10.8 Å². The molecule has 106 valence electrons. The zero-order chi connectivity index (χ0) is 15.0. The number of rotatable bonds is 2. The van der Waals surface area contributed by atoms with Crippen molar-refractivity contribution in [3.63, 3.8) is 0 Å². The summed E-state index contributed by atoms with van der Waals surface area (Å²) in [4.78, 5) is -0.0466. The van der Waals surface area contributed by atoms with Crippen LogP contribution in [0.2, 0.25) is 5.02 Å². The van der Waals surface area contributed by atoms with Crippen LogP contribution in [0.1, 0.15) is 16.0 Å². The Labute approximate surface area is 144 Å². The van der Waals surface area contributed by atoms with E-state index in [0.717, 1.165) is 21.0 Å². The number of hydrogen-bond acceptors (Lipinski definition) is 0. The third-order valence-corrected chi connectivity index (χ3v) is 5.32. The van der Waals surface area contributed by atoms with Crippen molar-refractivity contribution in [2.24, 2.45) is 0 Å². The summed E-state index contributed by atoms with van der Waals surface area (Å²) in [6.45, 7) is 0. The Hall–Kier alpha value is -0.900. The summed E-state index contributed by atoms with van der Waals surface area (Å²) in [5.74, 6) is -0.204. The van der Waals surface area contributed by atoms with Crippen LogP contribution in [-0.4, -0.2) is 0 Å². The predicted octanol–water partition coefficient (Wildman–Crippen LogP) is 6.88. The molecule has 0 radical (unpaired) electrons. The zero-order valence-corrected chi connectivity index (χ0v) is 14.7. The van der Waals surface area contributed by atoms with E-state index < -0.39 is 0 Å². The van der Waals surface area contributed by atoms with Gasteiger partial charge in [0, 0.05) is 14.9 Å². The van der Waals surface area contributed by atoms with Gasteiger partial charge in [0.05, 0.1) is 4.83 Å². The normalized spacial score (nSPS) is 12.6. The number of benzene rings is 3. The first-order valence-corrected chi connectivity index (χ1v) is 8.43. The highest BCUT2D eigenvalue weighted by atomic mass is 79.9. The molecule has 3 aromatic carbocycles. The number of alkyl halides is 1. The maximum atomic E-state index is 13.9. The second kappa shape index (κ2) is 6.07. The number of halogens is 4. The second-order valence-electron chi connectivity index (χ2n) is 4.71. The third kappa shape index (κ3) is 2.87. The summed E-state index contributed by atoms with van der Waals surface area (Å²) in [5, 5.41) is 2.21. The van der Waals surface area contributed by atoms with E-state index in [9.17, 15) is 4.39 Å². The van der Waals surface area contributed by atoms with E-state index in [4.69, 9.17) is 11.6 Å². The van der Waals surface area contributed by atoms with Crippen LogP contribution < -0.4 is 0 Å². The van der Waals surface area contributed by atoms with Gasteiger partial charge in [-0.25, -0.2) is 4.39 Å². The predicted molar refractivity (Wildman–Crippen MR) is 93.8 cm³/mol. The molecule has 0 spiro atoms. The van der Waals surface area contributed by atoms with Crippen LogP contribution in [0, 0.1) is 5.82 Å². The molecule has 4 heteroatoms. The third-order valence-electron chi connectivity index (χ3n) is 3.41. The van der Waals surface area contributed by atoms with Crippen molar-refractivity contribution in [1.82, 2.24) is 0 Å². The van der Waals surface area contributed by atoms with Gasteiger partial charge in [-0.15, -0.1) is 0 Å². The van der Waals surface area contributed by atoms with Gasteiger partial charge in [-0.05, 0) is 34.7 Å². The lowest BCUT2D eigenvalue weighted by atomic mass is 9.98. The fourth-order valence-electron chi connectivity index (χ4n) is 2.38. The van der Waals surface area contributed by atoms with Gasteiger partial charge in [-0.2, -0.15) is 0 Å². The molecule has 0 heterocycles. The summed E-state index contributed by atoms with van der Waals surface area (Å²) < 4.78 is 14.8. The van der Waals surface area contributed by atoms with Crippen LogP contribution in [-0.2, 0) is 0 Å². The molecule has 3 rings (SSSR count). The van der Waals surface area contributed by atoms with Gasteiger partial charge in [-0.3, -0.25) is 0 Å². The van der Waals surface area contributed by atoms with E-state index in [1.165, 1.54) is 6.07 Å². The fraction of sp³-hybridized carbons (Fsp3) is 0.0588. The molecule has 0 N–H and O–H groups in total. The number of fused-ring (bicyclic) bond motifs is 1. The second-order valence-corrected chi connectivity index (χ2v) is 6.92. The van der Waals surface area contributed by atoms with Crippen LogP contribution in [0.4, 0.5) is 4.39 Å². The Balaban J connectivity index is 2.18. The Kier molecular flexibility index (Phi) is 4.34. The van der Waals surface area contributed by atoms with E-state index in [1.54, 1.807) is 6.07 Å². The van der Waals surface area contributed by atoms with E-state index in [2.05, 4.69) is 31.9 Å². The standard InChI is InChI=1S/C17H10Br2ClF/c18-15-9-10(20)5-6-14(15)17(19)13-7-8-16(21)12-4-2-1-3-11(12)13/h1-9,17H. The molecule has 0 aromatic heterocycles. The molecule has 3 aromatic rings. The minimum atomic E-state index is -0.204. The van der Waals surface area contributed by atoms with Crippen molar-refractivity contribution < 1.29 is 4.39 Å². The smallest absolute Gasteiger partial charge is 0.131 e. The maximum absolute atomic E-state index is 13.9. The molecule has 1 atom stereocenters. The number of hydrogen-bond donors (Lipinski definition) is 0. The highest BCUT2D eigenvalue weighted by Gasteiger charge is 2.17. The van der Waals surface area contributed by atoms with Gasteiger partial charge in [0.2, 0.25) is 0 Å². The first-order valence-electron chi connectivity index (χ1n) is 6.34. The van der Waals surface area contributed by atoms with E-state index in [-0.39, 0.29) is 10.6 Å². The van der Waals surface area contributed by atoms with Gasteiger partial charge in [-0.1, -0.05) is 79.9 Å². The summed E-state index contributed by atoms with van der Waals surface area (Å²) in [5.41, 5.74) is 2.08. The van der Waals surface area contributed by atoms with Gasteiger partial charge in [0.25, 0.3) is 0 Å². The van der Waals surface area contributed by atoms with Gasteiger partial charge in [0.15, 0.2) is 0 Å². The van der Waals surface area contributed by atoms with Crippen molar-refractivity contribution in [3.8, 4) is 0 Å². The zero-order valence-electron chi connectivity index (χ0n) is 10.8. The Morgan fingerprint density at radius 2 is 1.57 bits per heavy atom. The monoisotopic (exact) mass is 426 g/mol. The fourth-order valence-corrected chi connectivity index (χ4v) is 4.40. The molecule has 0 amide bonds. The topological polar surface area (TPSA) is 0 Å². The average molecular weight is 429 g/mol. The maximum Gasteiger partial charge on any atom is 0.131 e. The van der Waals surface area contributed by atoms with Crippen molar-refractivity contribution >= 4 is 54.2 Å². The van der Waals surface area contributed by atoms with E-state index in [0.29, 0.717) is 10.4 Å². The summed E-state index contributed by atoms with van der Waals surface area (Å²) in [6, 6.07) is 16.5. The quantitative estimate of drug-likeness (QED) is 0.390. The largest absolute Gasteiger partial charge is 0.206 e.